The fraction of sp³-hybridized carbons (Fsp3) is 0.714. The van der Waals surface area contributed by atoms with E-state index >= 15 is 0 Å². The van der Waals surface area contributed by atoms with Crippen molar-refractivity contribution in [1.82, 2.24) is 10.9 Å². The molecule has 0 heterocycles. The van der Waals surface area contributed by atoms with Crippen molar-refractivity contribution >= 4 is 12.3 Å². The van der Waals surface area contributed by atoms with E-state index in [4.69, 9.17) is 15.9 Å². The zero-order valence-corrected chi connectivity index (χ0v) is 7.81. The van der Waals surface area contributed by atoms with Crippen LogP contribution >= 0.6 is 0 Å². The molecule has 0 aliphatic rings. The highest BCUT2D eigenvalue weighted by Gasteiger charge is 2.09. The molecule has 0 aliphatic heterocycles. The van der Waals surface area contributed by atoms with Crippen LogP contribution in [0.1, 0.15) is 12.8 Å². The summed E-state index contributed by atoms with van der Waals surface area (Å²) in [4.78, 5) is 14.2. The van der Waals surface area contributed by atoms with Crippen molar-refractivity contribution in [3.8, 4) is 0 Å². The first kappa shape index (κ1) is 12.8. The van der Waals surface area contributed by atoms with Crippen molar-refractivity contribution in [2.45, 2.75) is 18.9 Å². The SMILES string of the molecule is N[C@@H](CCCN=CNNCO)C(=O)O. The molecule has 0 aromatic rings. The Morgan fingerprint density at radius 2 is 2.36 bits per heavy atom. The number of nitrogens with two attached hydrogens (primary N) is 1. The third-order valence-corrected chi connectivity index (χ3v) is 1.46. The van der Waals surface area contributed by atoms with Gasteiger partial charge >= 0.3 is 5.97 Å². The topological polar surface area (TPSA) is 120 Å². The molecular weight excluding hydrogens is 188 g/mol. The van der Waals surface area contributed by atoms with Gasteiger partial charge in [0.1, 0.15) is 12.8 Å². The number of carboxylic acids is 1. The van der Waals surface area contributed by atoms with Crippen LogP contribution < -0.4 is 16.6 Å². The molecule has 0 aromatic heterocycles. The fourth-order valence-electron chi connectivity index (χ4n) is 0.727. The monoisotopic (exact) mass is 204 g/mol. The van der Waals surface area contributed by atoms with Gasteiger partial charge in [-0.3, -0.25) is 9.79 Å². The Bertz CT molecular complexity index is 186. The second kappa shape index (κ2) is 8.42. The summed E-state index contributed by atoms with van der Waals surface area (Å²) in [5.41, 5.74) is 10.2. The molecule has 0 aromatic carbocycles. The highest BCUT2D eigenvalue weighted by molar-refractivity contribution is 5.72. The maximum atomic E-state index is 10.3. The second-order valence-corrected chi connectivity index (χ2v) is 2.60. The smallest absolute Gasteiger partial charge is 0.320 e. The number of hydrazine groups is 1. The number of rotatable bonds is 8. The molecule has 6 N–H and O–H groups in total. The van der Waals surface area contributed by atoms with Gasteiger partial charge in [-0.1, -0.05) is 0 Å². The van der Waals surface area contributed by atoms with Gasteiger partial charge in [0, 0.05) is 6.54 Å². The lowest BCUT2D eigenvalue weighted by Gasteiger charge is -2.03. The maximum absolute atomic E-state index is 10.3. The average Bonchev–Trinajstić information content (AvgIpc) is 2.16. The van der Waals surface area contributed by atoms with Crippen molar-refractivity contribution in [1.29, 1.82) is 0 Å². The quantitative estimate of drug-likeness (QED) is 0.105. The first-order valence-electron chi connectivity index (χ1n) is 4.24. The number of nitrogens with zero attached hydrogens (tertiary/aromatic N) is 1. The van der Waals surface area contributed by atoms with Crippen molar-refractivity contribution < 1.29 is 15.0 Å². The Labute approximate surface area is 82.0 Å². The van der Waals surface area contributed by atoms with Gasteiger partial charge in [-0.25, -0.2) is 5.43 Å². The van der Waals surface area contributed by atoms with Crippen molar-refractivity contribution in [3.05, 3.63) is 0 Å². The molecule has 1 atom stereocenters. The van der Waals surface area contributed by atoms with Gasteiger partial charge in [0.25, 0.3) is 0 Å². The van der Waals surface area contributed by atoms with E-state index in [9.17, 15) is 4.79 Å². The highest BCUT2D eigenvalue weighted by atomic mass is 16.4. The molecule has 0 amide bonds. The fourth-order valence-corrected chi connectivity index (χ4v) is 0.727. The van der Waals surface area contributed by atoms with E-state index in [-0.39, 0.29) is 6.73 Å². The normalized spacial score (nSPS) is 13.0. The number of carboxylic acid groups (broad SMARTS) is 1. The minimum Gasteiger partial charge on any atom is -0.480 e. The molecule has 7 heteroatoms. The number of aliphatic hydroxyl groups excluding tert-OH is 1. The van der Waals surface area contributed by atoms with E-state index in [1.165, 1.54) is 6.34 Å². The number of aliphatic carboxylic acids is 1. The van der Waals surface area contributed by atoms with Gasteiger partial charge in [0.2, 0.25) is 0 Å². The van der Waals surface area contributed by atoms with Crippen LogP contribution in [-0.2, 0) is 4.79 Å². The summed E-state index contributed by atoms with van der Waals surface area (Å²) >= 11 is 0. The van der Waals surface area contributed by atoms with Crippen LogP contribution in [0.2, 0.25) is 0 Å². The van der Waals surface area contributed by atoms with Gasteiger partial charge in [-0.2, -0.15) is 0 Å². The molecule has 0 aliphatic carbocycles. The molecule has 14 heavy (non-hydrogen) atoms. The molecule has 0 spiro atoms. The molecular formula is C7H16N4O3. The molecule has 0 rings (SSSR count). The third-order valence-electron chi connectivity index (χ3n) is 1.46. The maximum Gasteiger partial charge on any atom is 0.320 e. The largest absolute Gasteiger partial charge is 0.480 e. The van der Waals surface area contributed by atoms with Crippen LogP contribution in [0, 0.1) is 0 Å². The number of nitrogens with one attached hydrogen (secondary N) is 2. The number of aliphatic hydroxyl groups is 1. The van der Waals surface area contributed by atoms with Crippen molar-refractivity contribution in [2.75, 3.05) is 13.3 Å². The van der Waals surface area contributed by atoms with E-state index in [1.54, 1.807) is 0 Å². The summed E-state index contributed by atoms with van der Waals surface area (Å²) in [6, 6.07) is -0.811. The summed E-state index contributed by atoms with van der Waals surface area (Å²) in [6.45, 7) is 0.316. The van der Waals surface area contributed by atoms with Crippen LogP contribution in [0.15, 0.2) is 4.99 Å². The molecule has 7 nitrogen and oxygen atoms in total. The first-order chi connectivity index (χ1) is 6.68. The Morgan fingerprint density at radius 1 is 1.64 bits per heavy atom. The average molecular weight is 204 g/mol. The first-order valence-corrected chi connectivity index (χ1v) is 4.24. The van der Waals surface area contributed by atoms with Gasteiger partial charge in [0.05, 0.1) is 6.34 Å². The predicted molar refractivity (Wildman–Crippen MR) is 51.6 cm³/mol. The van der Waals surface area contributed by atoms with Crippen LogP contribution in [-0.4, -0.2) is 41.8 Å². The zero-order valence-electron chi connectivity index (χ0n) is 7.81. The van der Waals surface area contributed by atoms with Crippen LogP contribution in [0.4, 0.5) is 0 Å². The van der Waals surface area contributed by atoms with Crippen LogP contribution in [0.3, 0.4) is 0 Å². The summed E-state index contributed by atoms with van der Waals surface area (Å²) < 4.78 is 0. The molecule has 82 valence electrons. The third kappa shape index (κ3) is 7.47. The van der Waals surface area contributed by atoms with Gasteiger partial charge in [-0.15, -0.1) is 0 Å². The minimum atomic E-state index is -0.992. The highest BCUT2D eigenvalue weighted by Crippen LogP contribution is 1.94. The van der Waals surface area contributed by atoms with E-state index in [0.29, 0.717) is 19.4 Å². The molecule has 0 fully saturated rings. The van der Waals surface area contributed by atoms with E-state index in [2.05, 4.69) is 15.8 Å². The van der Waals surface area contributed by atoms with E-state index in [0.717, 1.165) is 0 Å². The molecule has 0 saturated carbocycles. The number of hydrogen-bond acceptors (Lipinski definition) is 5. The van der Waals surface area contributed by atoms with Gasteiger partial charge in [-0.05, 0) is 12.8 Å². The molecule has 0 bridgehead atoms. The molecule has 0 saturated heterocycles. The summed E-state index contributed by atoms with van der Waals surface area (Å²) in [5.74, 6) is -0.992. The summed E-state index contributed by atoms with van der Waals surface area (Å²) in [6.07, 6.45) is 2.41. The number of carbonyl (C=O) groups is 1. The Morgan fingerprint density at radius 3 is 2.93 bits per heavy atom. The minimum absolute atomic E-state index is 0.185. The number of hydrogen-bond donors (Lipinski definition) is 5. The molecule has 0 radical (unpaired) electrons. The summed E-state index contributed by atoms with van der Waals surface area (Å²) in [7, 11) is 0. The standard InChI is InChI=1S/C7H16N4O3/c8-6(7(13)14)2-1-3-9-4-10-11-5-12/h4,6,11-12H,1-3,5,8H2,(H,9,10)(H,13,14)/t6-/m0/s1. The zero-order chi connectivity index (χ0) is 10.8. The van der Waals surface area contributed by atoms with Crippen molar-refractivity contribution in [2.24, 2.45) is 10.7 Å². The van der Waals surface area contributed by atoms with Crippen LogP contribution in [0.5, 0.6) is 0 Å². The van der Waals surface area contributed by atoms with Gasteiger partial charge in [0.15, 0.2) is 0 Å². The lowest BCUT2D eigenvalue weighted by Crippen LogP contribution is -2.31. The Balaban J connectivity index is 3.28. The van der Waals surface area contributed by atoms with E-state index < -0.39 is 12.0 Å². The lowest BCUT2D eigenvalue weighted by molar-refractivity contribution is -0.138. The Hall–Kier alpha value is -1.18. The lowest BCUT2D eigenvalue weighted by atomic mass is 10.2. The second-order valence-electron chi connectivity index (χ2n) is 2.60. The predicted octanol–water partition coefficient (Wildman–Crippen LogP) is -1.75. The Kier molecular flexibility index (Phi) is 7.71. The molecule has 0 unspecified atom stereocenters. The number of aliphatic imine (C=N–C) groups is 1. The van der Waals surface area contributed by atoms with Crippen LogP contribution in [0.25, 0.3) is 0 Å². The van der Waals surface area contributed by atoms with E-state index in [1.807, 2.05) is 0 Å². The van der Waals surface area contributed by atoms with Gasteiger partial charge < -0.3 is 21.4 Å². The summed E-state index contributed by atoms with van der Waals surface area (Å²) in [5, 5.41) is 16.7. The van der Waals surface area contributed by atoms with Crippen molar-refractivity contribution in [3.63, 3.8) is 0 Å².